The number of hydrogen-bond acceptors (Lipinski definition) is 5. The summed E-state index contributed by atoms with van der Waals surface area (Å²) in [5.74, 6) is 0. The van der Waals surface area contributed by atoms with Crippen molar-refractivity contribution in [1.29, 1.82) is 5.26 Å². The maximum absolute atomic E-state index is 8.74. The zero-order valence-electron chi connectivity index (χ0n) is 14.6. The van der Waals surface area contributed by atoms with Crippen LogP contribution in [0.3, 0.4) is 0 Å². The van der Waals surface area contributed by atoms with Gasteiger partial charge >= 0.3 is 0 Å². The number of halogens is 1. The zero-order valence-corrected chi connectivity index (χ0v) is 16.2. The van der Waals surface area contributed by atoms with Gasteiger partial charge in [-0.25, -0.2) is 9.97 Å². The van der Waals surface area contributed by atoms with Crippen molar-refractivity contribution in [3.63, 3.8) is 0 Å². The van der Waals surface area contributed by atoms with E-state index in [1.165, 1.54) is 0 Å². The van der Waals surface area contributed by atoms with Gasteiger partial charge in [0.15, 0.2) is 0 Å². The van der Waals surface area contributed by atoms with Crippen LogP contribution in [0.15, 0.2) is 23.8 Å². The van der Waals surface area contributed by atoms with Gasteiger partial charge in [0.05, 0.1) is 40.6 Å². The molecular formula is C17H22ClN5S. The predicted molar refractivity (Wildman–Crippen MR) is 101 cm³/mol. The van der Waals surface area contributed by atoms with E-state index in [2.05, 4.69) is 21.1 Å². The Labute approximate surface area is 151 Å². The van der Waals surface area contributed by atoms with Crippen molar-refractivity contribution in [2.75, 3.05) is 0 Å². The van der Waals surface area contributed by atoms with E-state index in [-0.39, 0.29) is 11.3 Å². The summed E-state index contributed by atoms with van der Waals surface area (Å²) in [6, 6.07) is 4.09. The fourth-order valence-corrected chi connectivity index (χ4v) is 2.98. The molecule has 1 unspecified atom stereocenters. The summed E-state index contributed by atoms with van der Waals surface area (Å²) >= 11 is 7.53. The number of aromatic nitrogens is 4. The van der Waals surface area contributed by atoms with Crippen LogP contribution in [-0.2, 0) is 0 Å². The lowest BCUT2D eigenvalue weighted by atomic mass is 10.2. The molecule has 3 heterocycles. The van der Waals surface area contributed by atoms with E-state index in [4.69, 9.17) is 16.9 Å². The van der Waals surface area contributed by atoms with Gasteiger partial charge < -0.3 is 0 Å². The number of nitriles is 1. The third-order valence-corrected chi connectivity index (χ3v) is 4.07. The Morgan fingerprint density at radius 3 is 2.67 bits per heavy atom. The summed E-state index contributed by atoms with van der Waals surface area (Å²) in [6.45, 7) is 9.95. The lowest BCUT2D eigenvalue weighted by Crippen LogP contribution is -2.04. The summed E-state index contributed by atoms with van der Waals surface area (Å²) < 4.78 is 2.76. The van der Waals surface area contributed by atoms with E-state index in [9.17, 15) is 0 Å². The normalized spacial score (nSPS) is 10.9. The molecule has 0 N–H and O–H groups in total. The first-order valence-corrected chi connectivity index (χ1v) is 9.27. The molecule has 128 valence electrons. The minimum atomic E-state index is 0.0323. The van der Waals surface area contributed by atoms with Crippen molar-refractivity contribution >= 4 is 33.2 Å². The van der Waals surface area contributed by atoms with E-state index in [0.29, 0.717) is 6.42 Å². The molecular weight excluding hydrogens is 342 g/mol. The minimum Gasteiger partial charge on any atom is -0.268 e. The van der Waals surface area contributed by atoms with Crippen LogP contribution in [0.1, 0.15) is 47.1 Å². The van der Waals surface area contributed by atoms with Gasteiger partial charge in [-0.2, -0.15) is 10.4 Å². The molecule has 1 atom stereocenters. The van der Waals surface area contributed by atoms with Gasteiger partial charge in [-0.15, -0.1) is 11.3 Å². The van der Waals surface area contributed by atoms with Crippen LogP contribution in [0.4, 0.5) is 0 Å². The number of thiophene rings is 1. The highest BCUT2D eigenvalue weighted by Crippen LogP contribution is 2.31. The van der Waals surface area contributed by atoms with Crippen molar-refractivity contribution in [1.82, 2.24) is 19.7 Å². The zero-order chi connectivity index (χ0) is 18.1. The number of fused-ring (bicyclic) bond motifs is 1. The van der Waals surface area contributed by atoms with Gasteiger partial charge in [-0.1, -0.05) is 27.7 Å². The molecule has 0 aliphatic rings. The van der Waals surface area contributed by atoms with Crippen molar-refractivity contribution in [2.24, 2.45) is 0 Å². The van der Waals surface area contributed by atoms with E-state index < -0.39 is 0 Å². The fourth-order valence-electron chi connectivity index (χ4n) is 1.96. The lowest BCUT2D eigenvalue weighted by Gasteiger charge is -2.06. The maximum atomic E-state index is 8.74. The molecule has 3 aromatic heterocycles. The van der Waals surface area contributed by atoms with Crippen molar-refractivity contribution in [3.8, 4) is 17.3 Å². The molecule has 0 amide bonds. The molecule has 0 saturated heterocycles. The topological polar surface area (TPSA) is 67.4 Å². The smallest absolute Gasteiger partial charge is 0.223 e. The average Bonchev–Trinajstić information content (AvgIpc) is 3.27. The second-order valence-corrected chi connectivity index (χ2v) is 5.65. The highest BCUT2D eigenvalue weighted by Gasteiger charge is 2.13. The quantitative estimate of drug-likeness (QED) is 0.557. The molecule has 0 aliphatic heterocycles. The van der Waals surface area contributed by atoms with Gasteiger partial charge in [0.1, 0.15) is 0 Å². The number of rotatable bonds is 3. The van der Waals surface area contributed by atoms with Crippen LogP contribution in [0.2, 0.25) is 5.28 Å². The largest absolute Gasteiger partial charge is 0.268 e. The molecule has 0 fully saturated rings. The van der Waals surface area contributed by atoms with Gasteiger partial charge in [-0.3, -0.25) is 4.68 Å². The van der Waals surface area contributed by atoms with Crippen LogP contribution < -0.4 is 0 Å². The van der Waals surface area contributed by atoms with E-state index >= 15 is 0 Å². The number of hydrogen-bond donors (Lipinski definition) is 0. The first kappa shape index (κ1) is 20.1. The van der Waals surface area contributed by atoms with Gasteiger partial charge in [0.2, 0.25) is 5.28 Å². The van der Waals surface area contributed by atoms with E-state index in [0.717, 1.165) is 21.5 Å². The predicted octanol–water partition coefficient (Wildman–Crippen LogP) is 5.74. The third kappa shape index (κ3) is 4.53. The van der Waals surface area contributed by atoms with Crippen molar-refractivity contribution < 1.29 is 0 Å². The Bertz CT molecular complexity index is 803. The van der Waals surface area contributed by atoms with Crippen LogP contribution in [0, 0.1) is 11.3 Å². The monoisotopic (exact) mass is 363 g/mol. The second-order valence-electron chi connectivity index (χ2n) is 4.40. The summed E-state index contributed by atoms with van der Waals surface area (Å²) in [5, 5.41) is 15.2. The van der Waals surface area contributed by atoms with Crippen molar-refractivity contribution in [3.05, 3.63) is 29.1 Å². The molecule has 0 bridgehead atoms. The summed E-state index contributed by atoms with van der Waals surface area (Å²) in [5.41, 5.74) is 2.50. The molecule has 24 heavy (non-hydrogen) atoms. The number of nitrogens with zero attached hydrogens (tertiary/aromatic N) is 5. The van der Waals surface area contributed by atoms with Gasteiger partial charge in [0.25, 0.3) is 0 Å². The molecule has 0 saturated carbocycles. The second kappa shape index (κ2) is 10.0. The van der Waals surface area contributed by atoms with E-state index in [1.54, 1.807) is 22.2 Å². The highest BCUT2D eigenvalue weighted by molar-refractivity contribution is 7.17. The Morgan fingerprint density at radius 1 is 1.29 bits per heavy atom. The van der Waals surface area contributed by atoms with Crippen LogP contribution in [-0.4, -0.2) is 19.7 Å². The Balaban J connectivity index is 0.000000671. The van der Waals surface area contributed by atoms with Crippen LogP contribution in [0.25, 0.3) is 21.5 Å². The molecule has 3 rings (SSSR count). The Morgan fingerprint density at radius 2 is 2.00 bits per heavy atom. The Hall–Kier alpha value is -1.97. The van der Waals surface area contributed by atoms with Crippen molar-refractivity contribution in [2.45, 2.75) is 47.1 Å². The SMILES string of the molecule is CC.CC.CC(CC#N)n1cc(-c2nc(Cl)nc3ccsc23)cn1. The summed E-state index contributed by atoms with van der Waals surface area (Å²) in [6.07, 6.45) is 4.05. The molecule has 0 aliphatic carbocycles. The standard InChI is InChI=1S/C13H10ClN5S.2C2H6/c1-8(2-4-15)19-7-9(6-16-19)11-12-10(3-5-20-12)17-13(14)18-11;2*1-2/h3,5-8H,2H2,1H3;2*1-2H3. The molecule has 0 radical (unpaired) electrons. The van der Waals surface area contributed by atoms with Gasteiger partial charge in [0, 0.05) is 11.8 Å². The minimum absolute atomic E-state index is 0.0323. The first-order chi connectivity index (χ1) is 11.7. The van der Waals surface area contributed by atoms with Crippen LogP contribution >= 0.6 is 22.9 Å². The van der Waals surface area contributed by atoms with Crippen LogP contribution in [0.5, 0.6) is 0 Å². The average molecular weight is 364 g/mol. The highest BCUT2D eigenvalue weighted by atomic mass is 35.5. The first-order valence-electron chi connectivity index (χ1n) is 8.01. The molecule has 0 spiro atoms. The molecule has 3 aromatic rings. The molecule has 5 nitrogen and oxygen atoms in total. The summed E-state index contributed by atoms with van der Waals surface area (Å²) in [4.78, 5) is 8.50. The Kier molecular flexibility index (Phi) is 8.37. The maximum Gasteiger partial charge on any atom is 0.223 e. The molecule has 0 aromatic carbocycles. The molecule has 7 heteroatoms. The third-order valence-electron chi connectivity index (χ3n) is 2.99. The van der Waals surface area contributed by atoms with Gasteiger partial charge in [-0.05, 0) is 30.0 Å². The fraction of sp³-hybridized carbons (Fsp3) is 0.412. The lowest BCUT2D eigenvalue weighted by molar-refractivity contribution is 0.500. The summed E-state index contributed by atoms with van der Waals surface area (Å²) in [7, 11) is 0. The van der Waals surface area contributed by atoms with E-state index in [1.807, 2.05) is 52.3 Å².